The lowest BCUT2D eigenvalue weighted by atomic mass is 10.2. The van der Waals surface area contributed by atoms with Crippen molar-refractivity contribution in [3.63, 3.8) is 0 Å². The van der Waals surface area contributed by atoms with Crippen molar-refractivity contribution >= 4 is 54.6 Å². The Morgan fingerprint density at radius 1 is 1.33 bits per heavy atom. The van der Waals surface area contributed by atoms with Gasteiger partial charge in [0.1, 0.15) is 0 Å². The Morgan fingerprint density at radius 2 is 2.11 bits per heavy atom. The number of nitrogens with one attached hydrogen (secondary N) is 1. The van der Waals surface area contributed by atoms with E-state index in [-0.39, 0.29) is 4.21 Å². The van der Waals surface area contributed by atoms with Gasteiger partial charge in [-0.15, -0.1) is 22.9 Å². The van der Waals surface area contributed by atoms with Crippen molar-refractivity contribution in [3.8, 4) is 0 Å². The summed E-state index contributed by atoms with van der Waals surface area (Å²) in [6.45, 7) is 0. The average molecular weight is 367 g/mol. The second-order valence-corrected chi connectivity index (χ2v) is 7.41. The molecule has 0 aliphatic heterocycles. The summed E-state index contributed by atoms with van der Waals surface area (Å²) in [4.78, 5) is 0. The largest absolute Gasteiger partial charge is 0.279 e. The van der Waals surface area contributed by atoms with Crippen LogP contribution in [-0.2, 0) is 15.9 Å². The third kappa shape index (κ3) is 3.06. The summed E-state index contributed by atoms with van der Waals surface area (Å²) in [7, 11) is -3.55. The van der Waals surface area contributed by atoms with Gasteiger partial charge in [-0.05, 0) is 45.1 Å². The first-order valence-corrected chi connectivity index (χ1v) is 8.62. The number of benzene rings is 1. The van der Waals surface area contributed by atoms with E-state index < -0.39 is 10.0 Å². The van der Waals surface area contributed by atoms with Gasteiger partial charge in [0.15, 0.2) is 4.21 Å². The van der Waals surface area contributed by atoms with E-state index in [1.54, 1.807) is 29.6 Å². The lowest BCUT2D eigenvalue weighted by Gasteiger charge is -2.07. The topological polar surface area (TPSA) is 46.2 Å². The van der Waals surface area contributed by atoms with Gasteiger partial charge < -0.3 is 0 Å². The first kappa shape index (κ1) is 13.9. The van der Waals surface area contributed by atoms with E-state index in [0.29, 0.717) is 16.0 Å². The van der Waals surface area contributed by atoms with E-state index in [1.165, 1.54) is 0 Å². The smallest absolute Gasteiger partial charge is 0.272 e. The van der Waals surface area contributed by atoms with Crippen LogP contribution in [0.1, 0.15) is 5.56 Å². The Morgan fingerprint density at radius 3 is 2.72 bits per heavy atom. The predicted molar refractivity (Wildman–Crippen MR) is 78.8 cm³/mol. The zero-order valence-corrected chi connectivity index (χ0v) is 13.0. The van der Waals surface area contributed by atoms with Crippen LogP contribution in [0.25, 0.3) is 0 Å². The number of halogens is 2. The average Bonchev–Trinajstić information content (AvgIpc) is 2.76. The van der Waals surface area contributed by atoms with E-state index in [0.717, 1.165) is 16.9 Å². The molecule has 0 aliphatic rings. The summed E-state index contributed by atoms with van der Waals surface area (Å²) >= 11 is 10.1. The Labute approximate surface area is 123 Å². The summed E-state index contributed by atoms with van der Waals surface area (Å²) in [5.41, 5.74) is 1.37. The molecular weight excluding hydrogens is 358 g/mol. The number of hydrogen-bond donors (Lipinski definition) is 1. The maximum atomic E-state index is 12.1. The Balaban J connectivity index is 2.31. The summed E-state index contributed by atoms with van der Waals surface area (Å²) in [6.07, 6.45) is 0. The molecule has 1 aromatic carbocycles. The number of thiophene rings is 1. The van der Waals surface area contributed by atoms with Gasteiger partial charge in [0.05, 0.1) is 0 Å². The fourth-order valence-electron chi connectivity index (χ4n) is 1.39. The monoisotopic (exact) mass is 365 g/mol. The predicted octanol–water partition coefficient (Wildman–Crippen LogP) is 4.05. The van der Waals surface area contributed by atoms with Crippen LogP contribution in [0.15, 0.2) is 44.4 Å². The molecule has 2 aromatic rings. The quantitative estimate of drug-likeness (QED) is 0.830. The molecule has 1 N–H and O–H groups in total. The van der Waals surface area contributed by atoms with Crippen LogP contribution in [-0.4, -0.2) is 8.42 Å². The van der Waals surface area contributed by atoms with Gasteiger partial charge in [-0.3, -0.25) is 4.72 Å². The highest BCUT2D eigenvalue weighted by Gasteiger charge is 2.19. The van der Waals surface area contributed by atoms with Crippen LogP contribution in [0, 0.1) is 0 Å². The third-order valence-electron chi connectivity index (χ3n) is 2.16. The lowest BCUT2D eigenvalue weighted by Crippen LogP contribution is -2.12. The molecule has 2 rings (SSSR count). The number of hydrogen-bond acceptors (Lipinski definition) is 3. The van der Waals surface area contributed by atoms with E-state index >= 15 is 0 Å². The van der Waals surface area contributed by atoms with Gasteiger partial charge in [0, 0.05) is 16.0 Å². The van der Waals surface area contributed by atoms with Crippen molar-refractivity contribution in [2.75, 3.05) is 4.72 Å². The second-order valence-electron chi connectivity index (χ2n) is 3.50. The van der Waals surface area contributed by atoms with Crippen LogP contribution < -0.4 is 4.72 Å². The molecule has 3 nitrogen and oxygen atoms in total. The Bertz CT molecular complexity index is 655. The number of rotatable bonds is 4. The normalized spacial score (nSPS) is 11.4. The Kier molecular flexibility index (Phi) is 4.32. The minimum absolute atomic E-state index is 0.263. The molecule has 0 fully saturated rings. The maximum absolute atomic E-state index is 12.1. The van der Waals surface area contributed by atoms with Gasteiger partial charge >= 0.3 is 0 Å². The molecule has 0 saturated heterocycles. The number of anilines is 1. The highest BCUT2D eigenvalue weighted by atomic mass is 79.9. The van der Waals surface area contributed by atoms with Crippen molar-refractivity contribution in [2.24, 2.45) is 0 Å². The van der Waals surface area contributed by atoms with Crippen LogP contribution in [0.5, 0.6) is 0 Å². The van der Waals surface area contributed by atoms with Crippen LogP contribution in [0.3, 0.4) is 0 Å². The second kappa shape index (κ2) is 5.61. The molecule has 0 aliphatic carbocycles. The van der Waals surface area contributed by atoms with Crippen molar-refractivity contribution in [3.05, 3.63) is 45.7 Å². The lowest BCUT2D eigenvalue weighted by molar-refractivity contribution is 0.603. The fraction of sp³-hybridized carbons (Fsp3) is 0.0909. The van der Waals surface area contributed by atoms with Crippen LogP contribution >= 0.6 is 38.9 Å². The highest BCUT2D eigenvalue weighted by Crippen LogP contribution is 2.29. The van der Waals surface area contributed by atoms with Crippen LogP contribution in [0.2, 0.25) is 0 Å². The summed E-state index contributed by atoms with van der Waals surface area (Å²) < 4.78 is 27.6. The molecule has 0 radical (unpaired) electrons. The van der Waals surface area contributed by atoms with Gasteiger partial charge in [0.2, 0.25) is 0 Å². The maximum Gasteiger partial charge on any atom is 0.272 e. The molecule has 1 aromatic heterocycles. The standard InChI is InChI=1S/C11H9BrClNO2S2/c12-10-4-5-17-11(10)18(15,16)14-9-3-1-2-8(6-9)7-13/h1-6,14H,7H2. The van der Waals surface area contributed by atoms with E-state index in [1.807, 2.05) is 6.07 Å². The molecule has 96 valence electrons. The Hall–Kier alpha value is -0.560. The molecule has 18 heavy (non-hydrogen) atoms. The first-order chi connectivity index (χ1) is 8.53. The van der Waals surface area contributed by atoms with Crippen molar-refractivity contribution in [1.29, 1.82) is 0 Å². The number of sulfonamides is 1. The highest BCUT2D eigenvalue weighted by molar-refractivity contribution is 9.10. The number of alkyl halides is 1. The third-order valence-corrected chi connectivity index (χ3v) is 6.52. The molecule has 0 atom stereocenters. The fourth-order valence-corrected chi connectivity index (χ4v) is 4.95. The zero-order chi connectivity index (χ0) is 13.2. The minimum atomic E-state index is -3.55. The zero-order valence-electron chi connectivity index (χ0n) is 9.06. The molecule has 7 heteroatoms. The van der Waals surface area contributed by atoms with Crippen molar-refractivity contribution < 1.29 is 8.42 Å². The molecular formula is C11H9BrClNO2S2. The van der Waals surface area contributed by atoms with E-state index in [4.69, 9.17) is 11.6 Å². The molecule has 0 amide bonds. The van der Waals surface area contributed by atoms with Crippen molar-refractivity contribution in [2.45, 2.75) is 10.1 Å². The summed E-state index contributed by atoms with van der Waals surface area (Å²) in [5, 5.41) is 1.72. The SMILES string of the molecule is O=S(=O)(Nc1cccc(CCl)c1)c1sccc1Br. The van der Waals surface area contributed by atoms with Gasteiger partial charge in [-0.1, -0.05) is 12.1 Å². The summed E-state index contributed by atoms with van der Waals surface area (Å²) in [6, 6.07) is 8.71. The molecule has 0 unspecified atom stereocenters. The first-order valence-electron chi connectivity index (χ1n) is 4.93. The summed E-state index contributed by atoms with van der Waals surface area (Å²) in [5.74, 6) is 0.346. The van der Waals surface area contributed by atoms with E-state index in [9.17, 15) is 8.42 Å². The molecule has 1 heterocycles. The minimum Gasteiger partial charge on any atom is -0.279 e. The molecule has 0 bridgehead atoms. The van der Waals surface area contributed by atoms with E-state index in [2.05, 4.69) is 20.7 Å². The molecule has 0 spiro atoms. The van der Waals surface area contributed by atoms with Gasteiger partial charge in [0.25, 0.3) is 10.0 Å². The van der Waals surface area contributed by atoms with Gasteiger partial charge in [-0.2, -0.15) is 0 Å². The van der Waals surface area contributed by atoms with Crippen molar-refractivity contribution in [1.82, 2.24) is 0 Å². The van der Waals surface area contributed by atoms with Gasteiger partial charge in [-0.25, -0.2) is 8.42 Å². The van der Waals surface area contributed by atoms with Crippen LogP contribution in [0.4, 0.5) is 5.69 Å². The molecule has 0 saturated carbocycles.